The van der Waals surface area contributed by atoms with Crippen LogP contribution in [-0.4, -0.2) is 0 Å². The minimum atomic E-state index is 1.14. The average Bonchev–Trinajstić information content (AvgIpc) is 2.68. The second-order valence-corrected chi connectivity index (χ2v) is 7.01. The number of benzene rings is 4. The van der Waals surface area contributed by atoms with Crippen molar-refractivity contribution in [1.29, 1.82) is 0 Å². The summed E-state index contributed by atoms with van der Waals surface area (Å²) in [5.41, 5.74) is 6.81. The van der Waals surface area contributed by atoms with Gasteiger partial charge in [-0.2, -0.15) is 0 Å². The Kier molecular flexibility index (Phi) is 3.24. The highest BCUT2D eigenvalue weighted by molar-refractivity contribution is 6.14. The summed E-state index contributed by atoms with van der Waals surface area (Å²) in [6.07, 6.45) is 6.91. The molecule has 120 valence electrons. The van der Waals surface area contributed by atoms with Crippen LogP contribution in [0.4, 0.5) is 0 Å². The van der Waals surface area contributed by atoms with Gasteiger partial charge in [0.2, 0.25) is 0 Å². The summed E-state index contributed by atoms with van der Waals surface area (Å²) in [5, 5.41) is 5.53. The predicted molar refractivity (Wildman–Crippen MR) is 109 cm³/mol. The van der Waals surface area contributed by atoms with E-state index in [0.717, 1.165) is 12.8 Å². The Morgan fingerprint density at radius 2 is 1.52 bits per heavy atom. The molecule has 0 aromatic heterocycles. The van der Waals surface area contributed by atoms with Crippen molar-refractivity contribution >= 4 is 27.6 Å². The van der Waals surface area contributed by atoms with Crippen molar-refractivity contribution in [2.45, 2.75) is 19.8 Å². The fourth-order valence-electron chi connectivity index (χ4n) is 4.18. The first-order chi connectivity index (χ1) is 12.3. The fourth-order valence-corrected chi connectivity index (χ4v) is 4.18. The van der Waals surface area contributed by atoms with Crippen LogP contribution in [0.25, 0.3) is 38.7 Å². The molecule has 0 bridgehead atoms. The Labute approximate surface area is 148 Å². The second-order valence-electron chi connectivity index (χ2n) is 7.01. The van der Waals surface area contributed by atoms with E-state index in [4.69, 9.17) is 0 Å². The van der Waals surface area contributed by atoms with Crippen molar-refractivity contribution in [2.24, 2.45) is 0 Å². The standard InChI is InChI=1S/C25H20/c1-17-7-6-8-18(15-17)19-13-14-24-22-11-3-2-9-20(22)21-10-4-5-12-23(21)25(24)16-19/h3-8,10-16H,2,9H2,1H3. The molecule has 1 aliphatic carbocycles. The molecule has 0 amide bonds. The van der Waals surface area contributed by atoms with E-state index in [1.165, 1.54) is 49.4 Å². The molecule has 0 heteroatoms. The lowest BCUT2D eigenvalue weighted by atomic mass is 9.86. The summed E-state index contributed by atoms with van der Waals surface area (Å²) < 4.78 is 0. The molecule has 0 N–H and O–H groups in total. The topological polar surface area (TPSA) is 0 Å². The molecule has 0 saturated heterocycles. The SMILES string of the molecule is Cc1cccc(-c2ccc3c4c(c5ccccc5c3c2)CCC=C4)c1. The Morgan fingerprint density at radius 1 is 0.680 bits per heavy atom. The van der Waals surface area contributed by atoms with E-state index in [-0.39, 0.29) is 0 Å². The first-order valence-corrected chi connectivity index (χ1v) is 9.02. The molecule has 1 aliphatic rings. The zero-order valence-electron chi connectivity index (χ0n) is 14.4. The van der Waals surface area contributed by atoms with Crippen LogP contribution in [0.3, 0.4) is 0 Å². The Balaban J connectivity index is 1.88. The normalized spacial score (nSPS) is 13.3. The number of aryl methyl sites for hydroxylation is 2. The molecule has 0 saturated carbocycles. The van der Waals surface area contributed by atoms with E-state index in [0.29, 0.717) is 0 Å². The third kappa shape index (κ3) is 2.29. The van der Waals surface area contributed by atoms with Crippen LogP contribution >= 0.6 is 0 Å². The lowest BCUT2D eigenvalue weighted by molar-refractivity contribution is 1.00. The zero-order chi connectivity index (χ0) is 16.8. The molecular formula is C25H20. The Bertz CT molecular complexity index is 1150. The quantitative estimate of drug-likeness (QED) is 0.334. The van der Waals surface area contributed by atoms with Gasteiger partial charge in [-0.25, -0.2) is 0 Å². The number of allylic oxidation sites excluding steroid dienone is 1. The van der Waals surface area contributed by atoms with Crippen LogP contribution in [0.15, 0.2) is 72.8 Å². The van der Waals surface area contributed by atoms with Crippen LogP contribution in [-0.2, 0) is 6.42 Å². The van der Waals surface area contributed by atoms with E-state index in [1.54, 1.807) is 0 Å². The van der Waals surface area contributed by atoms with E-state index in [2.05, 4.69) is 85.8 Å². The summed E-state index contributed by atoms with van der Waals surface area (Å²) in [4.78, 5) is 0. The van der Waals surface area contributed by atoms with Gasteiger partial charge in [0.05, 0.1) is 0 Å². The molecular weight excluding hydrogens is 300 g/mol. The molecule has 0 atom stereocenters. The van der Waals surface area contributed by atoms with Crippen molar-refractivity contribution in [2.75, 3.05) is 0 Å². The van der Waals surface area contributed by atoms with E-state index in [1.807, 2.05) is 0 Å². The first kappa shape index (κ1) is 14.5. The lowest BCUT2D eigenvalue weighted by Gasteiger charge is -2.18. The summed E-state index contributed by atoms with van der Waals surface area (Å²) in [5.74, 6) is 0. The van der Waals surface area contributed by atoms with Crippen LogP contribution in [0.2, 0.25) is 0 Å². The van der Waals surface area contributed by atoms with Gasteiger partial charge >= 0.3 is 0 Å². The third-order valence-corrected chi connectivity index (χ3v) is 5.37. The molecule has 0 nitrogen and oxygen atoms in total. The van der Waals surface area contributed by atoms with Gasteiger partial charge in [-0.05, 0) is 69.6 Å². The number of fused-ring (bicyclic) bond motifs is 6. The fraction of sp³-hybridized carbons (Fsp3) is 0.120. The van der Waals surface area contributed by atoms with E-state index >= 15 is 0 Å². The molecule has 0 heterocycles. The van der Waals surface area contributed by atoms with Gasteiger partial charge < -0.3 is 0 Å². The smallest absolute Gasteiger partial charge is 0.00930 e. The van der Waals surface area contributed by atoms with Gasteiger partial charge in [0, 0.05) is 0 Å². The van der Waals surface area contributed by atoms with Crippen molar-refractivity contribution in [1.82, 2.24) is 0 Å². The van der Waals surface area contributed by atoms with Crippen LogP contribution in [0, 0.1) is 6.92 Å². The summed E-state index contributed by atoms with van der Waals surface area (Å²) >= 11 is 0. The minimum absolute atomic E-state index is 1.14. The summed E-state index contributed by atoms with van der Waals surface area (Å²) in [6.45, 7) is 2.15. The number of hydrogen-bond donors (Lipinski definition) is 0. The maximum absolute atomic E-state index is 2.37. The monoisotopic (exact) mass is 320 g/mol. The maximum atomic E-state index is 2.37. The molecule has 0 unspecified atom stereocenters. The first-order valence-electron chi connectivity index (χ1n) is 9.02. The van der Waals surface area contributed by atoms with E-state index < -0.39 is 0 Å². The van der Waals surface area contributed by atoms with Gasteiger partial charge in [-0.15, -0.1) is 0 Å². The summed E-state index contributed by atoms with van der Waals surface area (Å²) in [7, 11) is 0. The maximum Gasteiger partial charge on any atom is -0.00930 e. The lowest BCUT2D eigenvalue weighted by Crippen LogP contribution is -1.97. The van der Waals surface area contributed by atoms with Gasteiger partial charge in [0.15, 0.2) is 0 Å². The van der Waals surface area contributed by atoms with Crippen LogP contribution in [0.1, 0.15) is 23.1 Å². The Morgan fingerprint density at radius 3 is 2.40 bits per heavy atom. The Hall–Kier alpha value is -2.86. The van der Waals surface area contributed by atoms with Crippen molar-refractivity contribution < 1.29 is 0 Å². The predicted octanol–water partition coefficient (Wildman–Crippen LogP) is 6.93. The van der Waals surface area contributed by atoms with Crippen molar-refractivity contribution in [3.8, 4) is 11.1 Å². The van der Waals surface area contributed by atoms with Gasteiger partial charge in [-0.1, -0.05) is 78.4 Å². The highest BCUT2D eigenvalue weighted by Gasteiger charge is 2.15. The molecule has 4 aromatic carbocycles. The van der Waals surface area contributed by atoms with E-state index in [9.17, 15) is 0 Å². The number of hydrogen-bond acceptors (Lipinski definition) is 0. The molecule has 25 heavy (non-hydrogen) atoms. The number of rotatable bonds is 1. The molecule has 0 spiro atoms. The molecule has 0 fully saturated rings. The molecule has 4 aromatic rings. The van der Waals surface area contributed by atoms with Gasteiger partial charge in [0.25, 0.3) is 0 Å². The van der Waals surface area contributed by atoms with Crippen LogP contribution in [0.5, 0.6) is 0 Å². The van der Waals surface area contributed by atoms with Crippen molar-refractivity contribution in [3.05, 3.63) is 89.5 Å². The minimum Gasteiger partial charge on any atom is -0.0836 e. The molecule has 5 rings (SSSR count). The highest BCUT2D eigenvalue weighted by atomic mass is 14.2. The molecule has 0 aliphatic heterocycles. The second kappa shape index (κ2) is 5.60. The van der Waals surface area contributed by atoms with Gasteiger partial charge in [0.1, 0.15) is 0 Å². The zero-order valence-corrected chi connectivity index (χ0v) is 14.4. The van der Waals surface area contributed by atoms with Gasteiger partial charge in [-0.3, -0.25) is 0 Å². The highest BCUT2D eigenvalue weighted by Crippen LogP contribution is 2.38. The average molecular weight is 320 g/mol. The largest absolute Gasteiger partial charge is 0.0836 e. The third-order valence-electron chi connectivity index (χ3n) is 5.37. The summed E-state index contributed by atoms with van der Waals surface area (Å²) in [6, 6.07) is 24.6. The van der Waals surface area contributed by atoms with Crippen LogP contribution < -0.4 is 0 Å². The molecule has 0 radical (unpaired) electrons. The van der Waals surface area contributed by atoms with Crippen molar-refractivity contribution in [3.63, 3.8) is 0 Å².